The van der Waals surface area contributed by atoms with Crippen molar-refractivity contribution in [1.29, 1.82) is 0 Å². The first-order valence-electron chi connectivity index (χ1n) is 5.58. The Bertz CT molecular complexity index is 110. The van der Waals surface area contributed by atoms with Gasteiger partial charge in [0.15, 0.2) is 9.04 Å². The van der Waals surface area contributed by atoms with Gasteiger partial charge in [0.05, 0.1) is 0 Å². The minimum Gasteiger partial charge on any atom is -0.420 e. The fourth-order valence-electron chi connectivity index (χ4n) is 2.64. The Labute approximate surface area is 77.2 Å². The van der Waals surface area contributed by atoms with Crippen LogP contribution < -0.4 is 0 Å². The van der Waals surface area contributed by atoms with E-state index in [0.717, 1.165) is 12.1 Å². The molecule has 2 rings (SSSR count). The summed E-state index contributed by atoms with van der Waals surface area (Å²) in [4.78, 5) is 0. The Kier molecular flexibility index (Phi) is 3.23. The molecule has 1 nitrogen and oxygen atoms in total. The van der Waals surface area contributed by atoms with Crippen LogP contribution in [-0.2, 0) is 4.43 Å². The molecule has 70 valence electrons. The quantitative estimate of drug-likeness (QED) is 0.569. The molecule has 1 heterocycles. The van der Waals surface area contributed by atoms with Gasteiger partial charge in [0, 0.05) is 6.61 Å². The first kappa shape index (κ1) is 8.76. The van der Waals surface area contributed by atoms with Crippen molar-refractivity contribution in [2.75, 3.05) is 6.61 Å². The van der Waals surface area contributed by atoms with Crippen LogP contribution in [0.3, 0.4) is 0 Å². The van der Waals surface area contributed by atoms with Gasteiger partial charge in [0.1, 0.15) is 0 Å². The van der Waals surface area contributed by atoms with Gasteiger partial charge in [-0.25, -0.2) is 0 Å². The van der Waals surface area contributed by atoms with Crippen LogP contribution in [0.15, 0.2) is 0 Å². The highest BCUT2D eigenvalue weighted by atomic mass is 28.3. The molecule has 2 heteroatoms. The summed E-state index contributed by atoms with van der Waals surface area (Å²) in [6, 6.07) is 1.48. The van der Waals surface area contributed by atoms with Gasteiger partial charge in [-0.15, -0.1) is 0 Å². The van der Waals surface area contributed by atoms with Gasteiger partial charge in [0.25, 0.3) is 0 Å². The van der Waals surface area contributed by atoms with Crippen molar-refractivity contribution in [3.8, 4) is 0 Å². The van der Waals surface area contributed by atoms with Crippen LogP contribution in [0.5, 0.6) is 0 Å². The largest absolute Gasteiger partial charge is 0.420 e. The van der Waals surface area contributed by atoms with Crippen molar-refractivity contribution >= 4 is 9.04 Å². The minimum atomic E-state index is -0.708. The zero-order chi connectivity index (χ0) is 8.23. The first-order chi connectivity index (χ1) is 5.97. The molecule has 12 heavy (non-hydrogen) atoms. The highest BCUT2D eigenvalue weighted by Crippen LogP contribution is 2.34. The summed E-state index contributed by atoms with van der Waals surface area (Å²) < 4.78 is 5.96. The van der Waals surface area contributed by atoms with Gasteiger partial charge >= 0.3 is 0 Å². The zero-order valence-corrected chi connectivity index (χ0v) is 9.08. The summed E-state index contributed by atoms with van der Waals surface area (Å²) in [5.41, 5.74) is 1.05. The van der Waals surface area contributed by atoms with Crippen LogP contribution >= 0.6 is 0 Å². The molecule has 0 aromatic carbocycles. The molecular weight excluding hydrogens is 164 g/mol. The van der Waals surface area contributed by atoms with E-state index in [2.05, 4.69) is 0 Å². The van der Waals surface area contributed by atoms with E-state index in [-0.39, 0.29) is 0 Å². The van der Waals surface area contributed by atoms with E-state index >= 15 is 0 Å². The van der Waals surface area contributed by atoms with E-state index in [1.807, 2.05) is 0 Å². The Balaban J connectivity index is 1.80. The fourth-order valence-corrected chi connectivity index (χ4v) is 5.93. The van der Waals surface area contributed by atoms with Crippen LogP contribution in [0.25, 0.3) is 0 Å². The molecule has 0 radical (unpaired) electrons. The molecule has 1 aliphatic heterocycles. The molecule has 0 N–H and O–H groups in total. The van der Waals surface area contributed by atoms with Crippen LogP contribution in [0.2, 0.25) is 11.6 Å². The lowest BCUT2D eigenvalue weighted by Crippen LogP contribution is -2.30. The average molecular weight is 184 g/mol. The monoisotopic (exact) mass is 184 g/mol. The Hall–Kier alpha value is 0.177. The van der Waals surface area contributed by atoms with Gasteiger partial charge in [-0.2, -0.15) is 0 Å². The van der Waals surface area contributed by atoms with Crippen LogP contribution in [0, 0.1) is 0 Å². The van der Waals surface area contributed by atoms with Crippen molar-refractivity contribution in [3.63, 3.8) is 0 Å². The Morgan fingerprint density at radius 3 is 2.42 bits per heavy atom. The molecule has 1 saturated heterocycles. The molecule has 1 unspecified atom stereocenters. The Morgan fingerprint density at radius 2 is 1.75 bits per heavy atom. The fraction of sp³-hybridized carbons (Fsp3) is 1.00. The Morgan fingerprint density at radius 1 is 0.917 bits per heavy atom. The van der Waals surface area contributed by atoms with Gasteiger partial charge in [0.2, 0.25) is 0 Å². The second-order valence-electron chi connectivity index (χ2n) is 4.30. The maximum atomic E-state index is 5.96. The molecule has 0 spiro atoms. The maximum absolute atomic E-state index is 5.96. The second-order valence-corrected chi connectivity index (χ2v) is 7.23. The van der Waals surface area contributed by atoms with Gasteiger partial charge in [-0.1, -0.05) is 38.5 Å². The standard InChI is InChI=1S/C10H20OSi/c1-2-6-10(7-3-1)12-9-5-4-8-11-12/h10,12H,1-9H2. The summed E-state index contributed by atoms with van der Waals surface area (Å²) in [5.74, 6) is 0. The normalized spacial score (nSPS) is 33.5. The molecule has 2 fully saturated rings. The summed E-state index contributed by atoms with van der Waals surface area (Å²) in [6.45, 7) is 1.09. The van der Waals surface area contributed by atoms with Crippen LogP contribution in [0.4, 0.5) is 0 Å². The summed E-state index contributed by atoms with van der Waals surface area (Å²) in [5, 5.41) is 0. The predicted octanol–water partition coefficient (Wildman–Crippen LogP) is 2.85. The smallest absolute Gasteiger partial charge is 0.179 e. The lowest BCUT2D eigenvalue weighted by molar-refractivity contribution is 0.270. The third-order valence-corrected chi connectivity index (χ3v) is 6.75. The van der Waals surface area contributed by atoms with Gasteiger partial charge in [-0.05, 0) is 18.0 Å². The minimum absolute atomic E-state index is 0.708. The third-order valence-electron chi connectivity index (χ3n) is 3.39. The van der Waals surface area contributed by atoms with E-state index in [9.17, 15) is 0 Å². The zero-order valence-electron chi connectivity index (χ0n) is 7.93. The highest BCUT2D eigenvalue weighted by molar-refractivity contribution is 6.53. The number of rotatable bonds is 1. The van der Waals surface area contributed by atoms with E-state index in [1.165, 1.54) is 51.0 Å². The van der Waals surface area contributed by atoms with Crippen molar-refractivity contribution < 1.29 is 4.43 Å². The van der Waals surface area contributed by atoms with Crippen molar-refractivity contribution in [2.45, 2.75) is 56.5 Å². The highest BCUT2D eigenvalue weighted by Gasteiger charge is 2.27. The molecule has 1 aliphatic carbocycles. The maximum Gasteiger partial charge on any atom is 0.179 e. The topological polar surface area (TPSA) is 9.23 Å². The molecule has 1 saturated carbocycles. The van der Waals surface area contributed by atoms with E-state index in [4.69, 9.17) is 4.43 Å². The van der Waals surface area contributed by atoms with Crippen molar-refractivity contribution in [3.05, 3.63) is 0 Å². The lowest BCUT2D eigenvalue weighted by Gasteiger charge is -2.31. The predicted molar refractivity (Wildman–Crippen MR) is 54.0 cm³/mol. The number of hydrogen-bond donors (Lipinski definition) is 0. The SMILES string of the molecule is C1CCC([SiH]2CCCCO2)CC1. The second kappa shape index (κ2) is 4.42. The molecule has 1 atom stereocenters. The lowest BCUT2D eigenvalue weighted by atomic mass is 10.0. The van der Waals surface area contributed by atoms with Gasteiger partial charge in [-0.3, -0.25) is 0 Å². The summed E-state index contributed by atoms with van der Waals surface area (Å²) in [6.07, 6.45) is 10.2. The van der Waals surface area contributed by atoms with Crippen molar-refractivity contribution in [2.24, 2.45) is 0 Å². The van der Waals surface area contributed by atoms with Crippen molar-refractivity contribution in [1.82, 2.24) is 0 Å². The summed E-state index contributed by atoms with van der Waals surface area (Å²) >= 11 is 0. The summed E-state index contributed by atoms with van der Waals surface area (Å²) in [7, 11) is -0.708. The number of hydrogen-bond acceptors (Lipinski definition) is 1. The third kappa shape index (κ3) is 2.11. The van der Waals surface area contributed by atoms with E-state index in [1.54, 1.807) is 0 Å². The first-order valence-corrected chi connectivity index (χ1v) is 7.54. The van der Waals surface area contributed by atoms with E-state index < -0.39 is 9.04 Å². The molecule has 2 aliphatic rings. The van der Waals surface area contributed by atoms with Crippen LogP contribution in [0.1, 0.15) is 44.9 Å². The van der Waals surface area contributed by atoms with Crippen LogP contribution in [-0.4, -0.2) is 15.6 Å². The molecule has 0 aromatic rings. The van der Waals surface area contributed by atoms with Gasteiger partial charge < -0.3 is 4.43 Å². The molecule has 0 aromatic heterocycles. The molecular formula is C10H20OSi. The average Bonchev–Trinajstić information content (AvgIpc) is 2.21. The molecule has 0 bridgehead atoms. The molecule has 0 amide bonds. The van der Waals surface area contributed by atoms with E-state index in [0.29, 0.717) is 0 Å².